The van der Waals surface area contributed by atoms with Gasteiger partial charge >= 0.3 is 5.97 Å². The van der Waals surface area contributed by atoms with Gasteiger partial charge in [0.25, 0.3) is 0 Å². The fourth-order valence-electron chi connectivity index (χ4n) is 1.91. The van der Waals surface area contributed by atoms with E-state index in [1.165, 1.54) is 0 Å². The summed E-state index contributed by atoms with van der Waals surface area (Å²) in [6, 6.07) is 8.91. The molecule has 0 aliphatic heterocycles. The summed E-state index contributed by atoms with van der Waals surface area (Å²) in [5, 5.41) is 15.1. The van der Waals surface area contributed by atoms with Crippen molar-refractivity contribution in [3.8, 4) is 0 Å². The summed E-state index contributed by atoms with van der Waals surface area (Å²) in [5.41, 5.74) is 1.83. The van der Waals surface area contributed by atoms with Crippen molar-refractivity contribution >= 4 is 11.9 Å². The van der Waals surface area contributed by atoms with E-state index in [9.17, 15) is 9.90 Å². The minimum absolute atomic E-state index is 0.411. The van der Waals surface area contributed by atoms with Crippen LogP contribution in [0, 0.1) is 0 Å². The van der Waals surface area contributed by atoms with Crippen LogP contribution in [0.25, 0.3) is 0 Å². The van der Waals surface area contributed by atoms with Crippen LogP contribution < -0.4 is 10.6 Å². The van der Waals surface area contributed by atoms with Crippen LogP contribution in [-0.2, 0) is 17.8 Å². The third kappa shape index (κ3) is 4.54. The number of aliphatic carboxylic acids is 1. The fraction of sp³-hybridized carbons (Fsp3) is 0.267. The van der Waals surface area contributed by atoms with E-state index in [-0.39, 0.29) is 0 Å². The van der Waals surface area contributed by atoms with E-state index in [1.54, 1.807) is 19.4 Å². The summed E-state index contributed by atoms with van der Waals surface area (Å²) in [6.07, 6.45) is 3.78. The second-order valence-electron chi connectivity index (χ2n) is 4.63. The Balaban J connectivity index is 1.95. The summed E-state index contributed by atoms with van der Waals surface area (Å²) in [4.78, 5) is 19.5. The van der Waals surface area contributed by atoms with Crippen LogP contribution in [0.2, 0.25) is 0 Å². The predicted molar refractivity (Wildman–Crippen MR) is 80.0 cm³/mol. The Hall–Kier alpha value is -2.47. The zero-order chi connectivity index (χ0) is 15.1. The number of carbonyl (C=O) groups is 1. The van der Waals surface area contributed by atoms with E-state index in [0.717, 1.165) is 11.1 Å². The van der Waals surface area contributed by atoms with Crippen molar-refractivity contribution in [2.24, 2.45) is 0 Å². The smallest absolute Gasteiger partial charge is 0.321 e. The largest absolute Gasteiger partial charge is 0.480 e. The molecule has 1 atom stereocenters. The molecule has 0 bridgehead atoms. The van der Waals surface area contributed by atoms with Crippen molar-refractivity contribution in [2.45, 2.75) is 19.0 Å². The lowest BCUT2D eigenvalue weighted by Crippen LogP contribution is -2.38. The summed E-state index contributed by atoms with van der Waals surface area (Å²) < 4.78 is 0. The molecule has 1 aromatic heterocycles. The number of nitrogens with zero attached hydrogens (tertiary/aromatic N) is 2. The third-order valence-corrected chi connectivity index (χ3v) is 3.06. The van der Waals surface area contributed by atoms with Gasteiger partial charge in [-0.2, -0.15) is 0 Å². The van der Waals surface area contributed by atoms with Gasteiger partial charge in [-0.3, -0.25) is 10.1 Å². The first-order chi connectivity index (χ1) is 10.2. The highest BCUT2D eigenvalue weighted by molar-refractivity contribution is 5.73. The van der Waals surface area contributed by atoms with Gasteiger partial charge in [-0.05, 0) is 12.0 Å². The maximum Gasteiger partial charge on any atom is 0.321 e. The van der Waals surface area contributed by atoms with E-state index in [0.29, 0.717) is 18.9 Å². The summed E-state index contributed by atoms with van der Waals surface area (Å²) in [7, 11) is 1.74. The van der Waals surface area contributed by atoms with E-state index >= 15 is 0 Å². The van der Waals surface area contributed by atoms with Crippen molar-refractivity contribution in [1.29, 1.82) is 0 Å². The Bertz CT molecular complexity index is 572. The van der Waals surface area contributed by atoms with Crippen LogP contribution in [0.3, 0.4) is 0 Å². The molecule has 1 aromatic carbocycles. The first-order valence-corrected chi connectivity index (χ1v) is 6.68. The van der Waals surface area contributed by atoms with E-state index in [1.807, 2.05) is 30.3 Å². The molecule has 0 fully saturated rings. The molecule has 0 spiro atoms. The molecule has 6 heteroatoms. The first-order valence-electron chi connectivity index (χ1n) is 6.68. The predicted octanol–water partition coefficient (Wildman–Crippen LogP) is 1.30. The number of aromatic nitrogens is 2. The minimum atomic E-state index is -0.869. The SMILES string of the molecule is CNc1ncc(CN[C@H](Cc2ccccc2)C(=O)O)cn1. The lowest BCUT2D eigenvalue weighted by atomic mass is 10.1. The lowest BCUT2D eigenvalue weighted by molar-refractivity contribution is -0.139. The van der Waals surface area contributed by atoms with Gasteiger partial charge in [-0.1, -0.05) is 30.3 Å². The number of benzene rings is 1. The molecular weight excluding hydrogens is 268 g/mol. The molecule has 2 rings (SSSR count). The zero-order valence-electron chi connectivity index (χ0n) is 11.8. The van der Waals surface area contributed by atoms with Gasteiger partial charge in [0, 0.05) is 31.5 Å². The molecular formula is C15H18N4O2. The van der Waals surface area contributed by atoms with Gasteiger partial charge in [-0.25, -0.2) is 9.97 Å². The number of carboxylic acid groups (broad SMARTS) is 1. The van der Waals surface area contributed by atoms with Crippen molar-refractivity contribution in [3.05, 3.63) is 53.9 Å². The third-order valence-electron chi connectivity index (χ3n) is 3.06. The minimum Gasteiger partial charge on any atom is -0.480 e. The van der Waals surface area contributed by atoms with Crippen LogP contribution in [0.1, 0.15) is 11.1 Å². The van der Waals surface area contributed by atoms with Crippen molar-refractivity contribution in [3.63, 3.8) is 0 Å². The molecule has 3 N–H and O–H groups in total. The van der Waals surface area contributed by atoms with Gasteiger partial charge in [0.15, 0.2) is 0 Å². The molecule has 1 heterocycles. The van der Waals surface area contributed by atoms with Crippen molar-refractivity contribution in [2.75, 3.05) is 12.4 Å². The molecule has 2 aromatic rings. The van der Waals surface area contributed by atoms with Crippen LogP contribution >= 0.6 is 0 Å². The number of hydrogen-bond donors (Lipinski definition) is 3. The maximum atomic E-state index is 11.3. The fourth-order valence-corrected chi connectivity index (χ4v) is 1.91. The summed E-state index contributed by atoms with van der Waals surface area (Å²) in [5.74, 6) is -0.329. The molecule has 0 radical (unpaired) electrons. The number of nitrogens with one attached hydrogen (secondary N) is 2. The Kier molecular flexibility index (Phi) is 5.22. The molecule has 0 aliphatic carbocycles. The average molecular weight is 286 g/mol. The molecule has 110 valence electrons. The Morgan fingerprint density at radius 2 is 1.86 bits per heavy atom. The zero-order valence-corrected chi connectivity index (χ0v) is 11.8. The monoisotopic (exact) mass is 286 g/mol. The molecule has 21 heavy (non-hydrogen) atoms. The van der Waals surface area contributed by atoms with Gasteiger partial charge in [0.2, 0.25) is 5.95 Å². The highest BCUT2D eigenvalue weighted by Crippen LogP contribution is 2.05. The van der Waals surface area contributed by atoms with Crippen LogP contribution in [0.5, 0.6) is 0 Å². The normalized spacial score (nSPS) is 11.9. The average Bonchev–Trinajstić information content (AvgIpc) is 2.52. The summed E-state index contributed by atoms with van der Waals surface area (Å²) >= 11 is 0. The number of hydrogen-bond acceptors (Lipinski definition) is 5. The molecule has 6 nitrogen and oxygen atoms in total. The van der Waals surface area contributed by atoms with Crippen LogP contribution in [-0.4, -0.2) is 34.1 Å². The van der Waals surface area contributed by atoms with Crippen molar-refractivity contribution < 1.29 is 9.90 Å². The molecule has 0 unspecified atom stereocenters. The van der Waals surface area contributed by atoms with E-state index in [4.69, 9.17) is 0 Å². The highest BCUT2D eigenvalue weighted by Gasteiger charge is 2.17. The van der Waals surface area contributed by atoms with Crippen LogP contribution in [0.15, 0.2) is 42.7 Å². The maximum absolute atomic E-state index is 11.3. The second kappa shape index (κ2) is 7.35. The van der Waals surface area contributed by atoms with Crippen molar-refractivity contribution in [1.82, 2.24) is 15.3 Å². The molecule has 0 aliphatic rings. The van der Waals surface area contributed by atoms with E-state index in [2.05, 4.69) is 20.6 Å². The standard InChI is InChI=1S/C15H18N4O2/c1-16-15-18-9-12(10-19-15)8-17-13(14(20)21)7-11-5-3-2-4-6-11/h2-6,9-10,13,17H,7-8H2,1H3,(H,20,21)(H,16,18,19)/t13-/m1/s1. The molecule has 0 amide bonds. The Morgan fingerprint density at radius 1 is 1.19 bits per heavy atom. The van der Waals surface area contributed by atoms with Gasteiger partial charge < -0.3 is 10.4 Å². The summed E-state index contributed by atoms with van der Waals surface area (Å²) in [6.45, 7) is 0.411. The lowest BCUT2D eigenvalue weighted by Gasteiger charge is -2.14. The molecule has 0 saturated carbocycles. The molecule has 0 saturated heterocycles. The number of rotatable bonds is 7. The van der Waals surface area contributed by atoms with E-state index < -0.39 is 12.0 Å². The number of carboxylic acids is 1. The quantitative estimate of drug-likeness (QED) is 0.711. The Labute approximate surface area is 123 Å². The second-order valence-corrected chi connectivity index (χ2v) is 4.63. The number of anilines is 1. The van der Waals surface area contributed by atoms with Gasteiger partial charge in [-0.15, -0.1) is 0 Å². The Morgan fingerprint density at radius 3 is 2.43 bits per heavy atom. The van der Waals surface area contributed by atoms with Crippen LogP contribution in [0.4, 0.5) is 5.95 Å². The highest BCUT2D eigenvalue weighted by atomic mass is 16.4. The first kappa shape index (κ1) is 14.9. The van der Waals surface area contributed by atoms with Gasteiger partial charge in [0.1, 0.15) is 6.04 Å². The topological polar surface area (TPSA) is 87.1 Å². The van der Waals surface area contributed by atoms with Gasteiger partial charge in [0.05, 0.1) is 0 Å².